The fourth-order valence-corrected chi connectivity index (χ4v) is 8.79. The topological polar surface area (TPSA) is 328 Å². The summed E-state index contributed by atoms with van der Waals surface area (Å²) in [4.78, 5) is 113. The molecule has 0 aliphatic carbocycles. The van der Waals surface area contributed by atoms with Crippen LogP contribution in [0.25, 0.3) is 0 Å². The molecule has 0 saturated carbocycles. The van der Waals surface area contributed by atoms with Crippen molar-refractivity contribution in [3.05, 3.63) is 35.9 Å². The van der Waals surface area contributed by atoms with E-state index in [0.717, 1.165) is 25.0 Å². The number of nitrogens with two attached hydrogens (primary N) is 1. The molecule has 10 amide bonds. The van der Waals surface area contributed by atoms with Gasteiger partial charge in [-0.3, -0.25) is 43.6 Å². The monoisotopic (exact) mass is 904 g/mol. The molecule has 13 N–H and O–H groups in total. The highest BCUT2D eigenvalue weighted by Gasteiger charge is 2.42. The van der Waals surface area contributed by atoms with E-state index in [1.54, 1.807) is 30.3 Å². The van der Waals surface area contributed by atoms with Gasteiger partial charge >= 0.3 is 6.03 Å². The minimum Gasteiger partial charge on any atom is -0.391 e. The number of aliphatic hydroxyl groups is 1. The number of thioether (sulfide) groups is 1. The zero-order valence-corrected chi connectivity index (χ0v) is 36.9. The van der Waals surface area contributed by atoms with Gasteiger partial charge in [0.2, 0.25) is 47.3 Å². The van der Waals surface area contributed by atoms with Gasteiger partial charge < -0.3 is 53.4 Å². The van der Waals surface area contributed by atoms with E-state index in [1.165, 1.54) is 12.4 Å². The second-order valence-electron chi connectivity index (χ2n) is 16.3. The summed E-state index contributed by atoms with van der Waals surface area (Å²) in [6, 6.07) is 4.91. The predicted octanol–water partition coefficient (Wildman–Crippen LogP) is -1.65. The molecule has 3 rings (SSSR count). The third-order valence-corrected chi connectivity index (χ3v) is 12.0. The Morgan fingerprint density at radius 2 is 1.51 bits per heavy atom. The second kappa shape index (κ2) is 26.9. The average Bonchev–Trinajstić information content (AvgIpc) is 3.80. The van der Waals surface area contributed by atoms with Gasteiger partial charge in [0.1, 0.15) is 18.1 Å². The molecular formula is C41H64N10O11S. The summed E-state index contributed by atoms with van der Waals surface area (Å²) in [7, 11) is 0. The van der Waals surface area contributed by atoms with Gasteiger partial charge in [0.15, 0.2) is 0 Å². The lowest BCUT2D eigenvalue weighted by Crippen LogP contribution is -2.58. The molecule has 22 heteroatoms. The smallest absolute Gasteiger partial charge is 0.315 e. The van der Waals surface area contributed by atoms with Crippen LogP contribution in [0, 0.1) is 11.8 Å². The van der Waals surface area contributed by atoms with E-state index in [4.69, 9.17) is 10.9 Å². The number of carbonyl (C=O) groups excluding carboxylic acids is 9. The van der Waals surface area contributed by atoms with E-state index in [2.05, 4.69) is 42.5 Å². The summed E-state index contributed by atoms with van der Waals surface area (Å²) in [5.41, 5.74) is 7.61. The first-order valence-electron chi connectivity index (χ1n) is 21.3. The van der Waals surface area contributed by atoms with Gasteiger partial charge in [0.05, 0.1) is 31.3 Å². The van der Waals surface area contributed by atoms with Gasteiger partial charge in [0.25, 0.3) is 0 Å². The van der Waals surface area contributed by atoms with Crippen molar-refractivity contribution in [2.45, 2.75) is 127 Å². The highest BCUT2D eigenvalue weighted by molar-refractivity contribution is 8.00. The van der Waals surface area contributed by atoms with Crippen LogP contribution in [0.2, 0.25) is 0 Å². The number of hydrogen-bond acceptors (Lipinski definition) is 12. The number of hydroxylamine groups is 1. The maximum Gasteiger partial charge on any atom is 0.315 e. The Balaban J connectivity index is 1.41. The highest BCUT2D eigenvalue weighted by Crippen LogP contribution is 2.33. The lowest BCUT2D eigenvalue weighted by atomic mass is 9.92. The molecule has 1 unspecified atom stereocenters. The van der Waals surface area contributed by atoms with E-state index in [9.17, 15) is 48.3 Å². The number of rotatable bonds is 28. The number of amides is 10. The van der Waals surface area contributed by atoms with Crippen molar-refractivity contribution < 1.29 is 53.5 Å². The van der Waals surface area contributed by atoms with Crippen LogP contribution in [0.1, 0.15) is 84.1 Å². The fraction of sp³-hybridized carbons (Fsp3) is 0.634. The maximum absolute atomic E-state index is 13.5. The normalized spacial score (nSPS) is 18.8. The summed E-state index contributed by atoms with van der Waals surface area (Å²) in [6.45, 7) is 4.13. The number of benzene rings is 1. The Morgan fingerprint density at radius 1 is 0.794 bits per heavy atom. The van der Waals surface area contributed by atoms with Crippen LogP contribution >= 0.6 is 11.8 Å². The number of fused-ring (bicyclic) bond motifs is 1. The van der Waals surface area contributed by atoms with Crippen LogP contribution in [0.15, 0.2) is 30.3 Å². The molecule has 1 aromatic carbocycles. The van der Waals surface area contributed by atoms with Gasteiger partial charge in [-0.25, -0.2) is 10.3 Å². The summed E-state index contributed by atoms with van der Waals surface area (Å²) in [6.07, 6.45) is 2.43. The SMILES string of the molecule is CC(C)CC(CC(=O)NO)C(=O)N[C@H](C(=O)N[C@@H](Cc1ccccc1)C(=O)NCC(=O)NCC(=O)N[C@@H](CCCCNC(=O)CCCC[C@@H]1SC[C@@H]2NC(=O)N[C@@H]21)C(N)=O)[C@@H](C)O. The van der Waals surface area contributed by atoms with E-state index >= 15 is 0 Å². The average molecular weight is 905 g/mol. The van der Waals surface area contributed by atoms with E-state index in [-0.39, 0.29) is 55.6 Å². The number of aliphatic hydroxyl groups excluding tert-OH is 1. The molecule has 2 aliphatic heterocycles. The van der Waals surface area contributed by atoms with Crippen LogP contribution in [-0.4, -0.2) is 131 Å². The zero-order chi connectivity index (χ0) is 46.5. The van der Waals surface area contributed by atoms with Crippen molar-refractivity contribution in [1.29, 1.82) is 0 Å². The fourth-order valence-electron chi connectivity index (χ4n) is 7.25. The largest absolute Gasteiger partial charge is 0.391 e. The molecule has 0 aromatic heterocycles. The Morgan fingerprint density at radius 3 is 2.17 bits per heavy atom. The van der Waals surface area contributed by atoms with Gasteiger partial charge in [-0.15, -0.1) is 0 Å². The van der Waals surface area contributed by atoms with Gasteiger partial charge in [-0.2, -0.15) is 11.8 Å². The number of unbranched alkanes of at least 4 members (excludes halogenated alkanes) is 2. The summed E-state index contributed by atoms with van der Waals surface area (Å²) < 4.78 is 0. The lowest BCUT2D eigenvalue weighted by molar-refractivity contribution is -0.138. The first-order valence-corrected chi connectivity index (χ1v) is 22.4. The van der Waals surface area contributed by atoms with Crippen molar-refractivity contribution >= 4 is 65.1 Å². The predicted molar refractivity (Wildman–Crippen MR) is 231 cm³/mol. The Hall–Kier alpha value is -5.48. The third-order valence-electron chi connectivity index (χ3n) is 10.5. The number of primary amides is 1. The highest BCUT2D eigenvalue weighted by atomic mass is 32.2. The van der Waals surface area contributed by atoms with Crippen LogP contribution in [0.5, 0.6) is 0 Å². The van der Waals surface area contributed by atoms with Crippen molar-refractivity contribution in [3.63, 3.8) is 0 Å². The summed E-state index contributed by atoms with van der Waals surface area (Å²) in [5, 5.41) is 40.7. The standard InChI is InChI=1S/C41H64N10O11S/c1-23(2)17-26(19-32(54)51-62)38(58)49-35(24(3)52)40(60)47-28(18-25-11-5-4-6-12-25)39(59)45-20-33(55)44-21-34(56)46-27(37(42)57)13-9-10-16-43-31(53)15-8-7-14-30-36-29(22-63-30)48-41(61)50-36/h4-6,11-12,23-24,26-30,35-36,52,62H,7-10,13-22H2,1-3H3,(H2,42,57)(H,43,53)(H,44,55)(H,45,59)(H,46,56)(H,47,60)(H,49,58)(H,51,54)(H2,48,50,61)/t24-,26?,27+,28+,29+,30+,35+,36+/m1/s1. The summed E-state index contributed by atoms with van der Waals surface area (Å²) in [5.74, 6) is -5.68. The van der Waals surface area contributed by atoms with E-state index in [0.29, 0.717) is 36.6 Å². The first-order chi connectivity index (χ1) is 30.0. The van der Waals surface area contributed by atoms with Crippen LogP contribution < -0.4 is 53.7 Å². The minimum absolute atomic E-state index is 0.0348. The van der Waals surface area contributed by atoms with Crippen molar-refractivity contribution in [2.75, 3.05) is 25.4 Å². The number of carbonyl (C=O) groups is 9. The zero-order valence-electron chi connectivity index (χ0n) is 36.0. The van der Waals surface area contributed by atoms with Crippen LogP contribution in [0.3, 0.4) is 0 Å². The Kier molecular flexibility index (Phi) is 22.1. The van der Waals surface area contributed by atoms with Crippen molar-refractivity contribution in [1.82, 2.24) is 48.0 Å². The van der Waals surface area contributed by atoms with Crippen LogP contribution in [0.4, 0.5) is 4.79 Å². The Bertz CT molecular complexity index is 1740. The third kappa shape index (κ3) is 18.8. The van der Waals surface area contributed by atoms with Crippen LogP contribution in [-0.2, 0) is 44.8 Å². The molecule has 2 heterocycles. The molecule has 0 spiro atoms. The molecule has 2 fully saturated rings. The molecule has 8 atom stereocenters. The molecule has 350 valence electrons. The minimum atomic E-state index is -1.54. The van der Waals surface area contributed by atoms with E-state index in [1.807, 2.05) is 25.6 Å². The van der Waals surface area contributed by atoms with Gasteiger partial charge in [-0.1, -0.05) is 50.6 Å². The molecule has 2 aliphatic rings. The molecule has 0 bridgehead atoms. The molecule has 21 nitrogen and oxygen atoms in total. The molecule has 63 heavy (non-hydrogen) atoms. The van der Waals surface area contributed by atoms with E-state index < -0.39 is 84.6 Å². The number of nitrogens with one attached hydrogen (secondary N) is 9. The molecular weight excluding hydrogens is 841 g/mol. The molecule has 1 aromatic rings. The first kappa shape index (κ1) is 51.9. The van der Waals surface area contributed by atoms with Gasteiger partial charge in [0, 0.05) is 42.7 Å². The quantitative estimate of drug-likeness (QED) is 0.0195. The van der Waals surface area contributed by atoms with Crippen molar-refractivity contribution in [2.24, 2.45) is 17.6 Å². The molecule has 0 radical (unpaired) electrons. The number of hydrogen-bond donors (Lipinski definition) is 12. The van der Waals surface area contributed by atoms with Gasteiger partial charge in [-0.05, 0) is 56.9 Å². The molecule has 2 saturated heterocycles. The maximum atomic E-state index is 13.5. The number of urea groups is 1. The second-order valence-corrected chi connectivity index (χ2v) is 17.5. The summed E-state index contributed by atoms with van der Waals surface area (Å²) >= 11 is 1.83. The van der Waals surface area contributed by atoms with Crippen molar-refractivity contribution in [3.8, 4) is 0 Å². The Labute approximate surface area is 371 Å². The lowest BCUT2D eigenvalue weighted by Gasteiger charge is -2.27.